The highest BCUT2D eigenvalue weighted by Gasteiger charge is 2.07. The molecule has 0 aliphatic rings. The average molecular weight is 310 g/mol. The summed E-state index contributed by atoms with van der Waals surface area (Å²) in [7, 11) is 0. The molecule has 0 atom stereocenters. The molecule has 0 aliphatic carbocycles. The van der Waals surface area contributed by atoms with Crippen molar-refractivity contribution in [1.82, 2.24) is 0 Å². The number of nitro benzene ring substituents is 1. The smallest absolute Gasteiger partial charge is 0.363 e. The Morgan fingerprint density at radius 2 is 1.75 bits per heavy atom. The van der Waals surface area contributed by atoms with Crippen molar-refractivity contribution in [3.05, 3.63) is 63.7 Å². The number of rotatable bonds is 3. The summed E-state index contributed by atoms with van der Waals surface area (Å²) >= 11 is 10.7. The highest BCUT2D eigenvalue weighted by atomic mass is 35.5. The molecule has 0 unspecified atom stereocenters. The predicted octanol–water partition coefficient (Wildman–Crippen LogP) is 3.99. The Morgan fingerprint density at radius 3 is 2.35 bits per heavy atom. The molecule has 0 aromatic heterocycles. The fourth-order valence-electron chi connectivity index (χ4n) is 1.38. The number of benzene rings is 2. The van der Waals surface area contributed by atoms with Gasteiger partial charge in [0, 0.05) is 29.4 Å². The van der Waals surface area contributed by atoms with Crippen LogP contribution in [0.1, 0.15) is 0 Å². The quantitative estimate of drug-likeness (QED) is 0.487. The zero-order valence-corrected chi connectivity index (χ0v) is 11.6. The summed E-state index contributed by atoms with van der Waals surface area (Å²) in [6.07, 6.45) is 0. The lowest BCUT2D eigenvalue weighted by molar-refractivity contribution is -0.384. The standard InChI is InChI=1S/C13H8ClNO4S/c14-9-2-1-3-12(8-9)19-13(20)18-11-6-4-10(5-7-11)15(16)17/h1-8H. The summed E-state index contributed by atoms with van der Waals surface area (Å²) in [5, 5.41) is 10.9. The molecule has 2 aromatic carbocycles. The van der Waals surface area contributed by atoms with E-state index in [1.165, 1.54) is 24.3 Å². The van der Waals surface area contributed by atoms with Crippen LogP contribution in [0.5, 0.6) is 11.5 Å². The third-order valence-corrected chi connectivity index (χ3v) is 2.65. The molecular formula is C13H8ClNO4S. The van der Waals surface area contributed by atoms with Gasteiger partial charge in [0.15, 0.2) is 0 Å². The van der Waals surface area contributed by atoms with Crippen molar-refractivity contribution in [3.8, 4) is 11.5 Å². The van der Waals surface area contributed by atoms with Crippen LogP contribution >= 0.6 is 23.8 Å². The van der Waals surface area contributed by atoms with Crippen molar-refractivity contribution >= 4 is 34.7 Å². The highest BCUT2D eigenvalue weighted by molar-refractivity contribution is 7.79. The van der Waals surface area contributed by atoms with Gasteiger partial charge < -0.3 is 9.47 Å². The van der Waals surface area contributed by atoms with E-state index in [1.807, 2.05) is 0 Å². The fraction of sp³-hybridized carbons (Fsp3) is 0. The minimum atomic E-state index is -0.495. The van der Waals surface area contributed by atoms with Crippen LogP contribution in [0.2, 0.25) is 5.02 Å². The van der Waals surface area contributed by atoms with Gasteiger partial charge >= 0.3 is 5.24 Å². The third-order valence-electron chi connectivity index (χ3n) is 2.25. The third kappa shape index (κ3) is 3.91. The zero-order valence-electron chi connectivity index (χ0n) is 9.99. The Bertz CT molecular complexity index is 645. The van der Waals surface area contributed by atoms with E-state index in [1.54, 1.807) is 24.3 Å². The molecule has 5 nitrogen and oxygen atoms in total. The fourth-order valence-corrected chi connectivity index (χ4v) is 1.75. The summed E-state index contributed by atoms with van der Waals surface area (Å²) < 4.78 is 10.5. The molecule has 0 heterocycles. The van der Waals surface area contributed by atoms with Gasteiger partial charge in [0.2, 0.25) is 0 Å². The van der Waals surface area contributed by atoms with Crippen LogP contribution in [0.4, 0.5) is 5.69 Å². The maximum atomic E-state index is 10.5. The highest BCUT2D eigenvalue weighted by Crippen LogP contribution is 2.20. The van der Waals surface area contributed by atoms with Crippen LogP contribution in [0, 0.1) is 10.1 Å². The molecule has 0 radical (unpaired) electrons. The van der Waals surface area contributed by atoms with Gasteiger partial charge in [0.05, 0.1) is 4.92 Å². The molecule has 102 valence electrons. The minimum absolute atomic E-state index is 0.0287. The van der Waals surface area contributed by atoms with Gasteiger partial charge in [0.1, 0.15) is 11.5 Å². The second kappa shape index (κ2) is 6.31. The van der Waals surface area contributed by atoms with E-state index in [2.05, 4.69) is 0 Å². The van der Waals surface area contributed by atoms with Crippen LogP contribution in [0.3, 0.4) is 0 Å². The molecule has 0 saturated carbocycles. The summed E-state index contributed by atoms with van der Waals surface area (Å²) in [5.74, 6) is 0.798. The maximum absolute atomic E-state index is 10.5. The molecule has 0 spiro atoms. The molecule has 0 amide bonds. The second-order valence-corrected chi connectivity index (χ2v) is 4.43. The van der Waals surface area contributed by atoms with E-state index in [-0.39, 0.29) is 10.9 Å². The topological polar surface area (TPSA) is 61.6 Å². The van der Waals surface area contributed by atoms with Gasteiger partial charge in [-0.3, -0.25) is 10.1 Å². The van der Waals surface area contributed by atoms with Crippen molar-refractivity contribution in [2.45, 2.75) is 0 Å². The van der Waals surface area contributed by atoms with E-state index in [4.69, 9.17) is 33.3 Å². The number of nitro groups is 1. The number of hydrogen-bond donors (Lipinski definition) is 0. The van der Waals surface area contributed by atoms with Crippen molar-refractivity contribution in [2.24, 2.45) is 0 Å². The summed E-state index contributed by atoms with van der Waals surface area (Å²) in [6, 6.07) is 12.2. The van der Waals surface area contributed by atoms with Crippen LogP contribution in [-0.2, 0) is 0 Å². The van der Waals surface area contributed by atoms with Gasteiger partial charge in [0.25, 0.3) is 5.69 Å². The van der Waals surface area contributed by atoms with Crippen LogP contribution < -0.4 is 9.47 Å². The van der Waals surface area contributed by atoms with Gasteiger partial charge in [-0.2, -0.15) is 0 Å². The molecule has 0 N–H and O–H groups in total. The molecule has 0 fully saturated rings. The second-order valence-electron chi connectivity index (χ2n) is 3.66. The van der Waals surface area contributed by atoms with E-state index < -0.39 is 4.92 Å². The van der Waals surface area contributed by atoms with E-state index >= 15 is 0 Å². The first-order valence-corrected chi connectivity index (χ1v) is 6.23. The monoisotopic (exact) mass is 309 g/mol. The first-order valence-electron chi connectivity index (χ1n) is 5.44. The molecule has 7 heteroatoms. The van der Waals surface area contributed by atoms with Crippen molar-refractivity contribution in [1.29, 1.82) is 0 Å². The molecule has 2 rings (SSSR count). The van der Waals surface area contributed by atoms with Gasteiger partial charge in [-0.05, 0) is 30.3 Å². The zero-order chi connectivity index (χ0) is 14.5. The molecule has 20 heavy (non-hydrogen) atoms. The lowest BCUT2D eigenvalue weighted by Crippen LogP contribution is -2.13. The first kappa shape index (κ1) is 14.2. The first-order chi connectivity index (χ1) is 9.54. The Balaban J connectivity index is 1.99. The van der Waals surface area contributed by atoms with Crippen LogP contribution in [0.25, 0.3) is 0 Å². The van der Waals surface area contributed by atoms with Gasteiger partial charge in [-0.15, -0.1) is 0 Å². The molecule has 0 aliphatic heterocycles. The van der Waals surface area contributed by atoms with Crippen LogP contribution in [0.15, 0.2) is 48.5 Å². The number of non-ortho nitro benzene ring substituents is 1. The largest absolute Gasteiger partial charge is 0.417 e. The molecule has 2 aromatic rings. The van der Waals surface area contributed by atoms with Crippen molar-refractivity contribution in [2.75, 3.05) is 0 Å². The van der Waals surface area contributed by atoms with Gasteiger partial charge in [-0.25, -0.2) is 0 Å². The Labute approximate surface area is 124 Å². The molecular weight excluding hydrogens is 302 g/mol. The average Bonchev–Trinajstić information content (AvgIpc) is 2.39. The summed E-state index contributed by atoms with van der Waals surface area (Å²) in [4.78, 5) is 10.0. The SMILES string of the molecule is O=[N+]([O-])c1ccc(OC(=S)Oc2cccc(Cl)c2)cc1. The van der Waals surface area contributed by atoms with E-state index in [0.717, 1.165) is 0 Å². The molecule has 0 saturated heterocycles. The van der Waals surface area contributed by atoms with E-state index in [0.29, 0.717) is 16.5 Å². The lowest BCUT2D eigenvalue weighted by Gasteiger charge is -2.08. The maximum Gasteiger partial charge on any atom is 0.363 e. The number of hydrogen-bond acceptors (Lipinski definition) is 5. The van der Waals surface area contributed by atoms with Crippen LogP contribution in [-0.4, -0.2) is 10.2 Å². The van der Waals surface area contributed by atoms with E-state index in [9.17, 15) is 10.1 Å². The van der Waals surface area contributed by atoms with Crippen molar-refractivity contribution in [3.63, 3.8) is 0 Å². The normalized spacial score (nSPS) is 9.85. The predicted molar refractivity (Wildman–Crippen MR) is 78.4 cm³/mol. The summed E-state index contributed by atoms with van der Waals surface area (Å²) in [6.45, 7) is 0. The Morgan fingerprint density at radius 1 is 1.10 bits per heavy atom. The number of ether oxygens (including phenoxy) is 2. The lowest BCUT2D eigenvalue weighted by atomic mass is 10.3. The summed E-state index contributed by atoms with van der Waals surface area (Å²) in [5.41, 5.74) is -0.0287. The number of halogens is 1. The molecule has 0 bridgehead atoms. The Kier molecular flexibility index (Phi) is 4.49. The van der Waals surface area contributed by atoms with Gasteiger partial charge in [-0.1, -0.05) is 17.7 Å². The number of thiocarbonyl (C=S) groups is 1. The number of nitrogens with zero attached hydrogens (tertiary/aromatic N) is 1. The minimum Gasteiger partial charge on any atom is -0.417 e. The van der Waals surface area contributed by atoms with Crippen molar-refractivity contribution < 1.29 is 14.4 Å². The Hall–Kier alpha value is -2.18.